The fraction of sp³-hybridized carbons (Fsp3) is 0.364. The lowest BCUT2D eigenvalue weighted by Crippen LogP contribution is -2.36. The van der Waals surface area contributed by atoms with Crippen LogP contribution in [0.5, 0.6) is 5.75 Å². The summed E-state index contributed by atoms with van der Waals surface area (Å²) in [4.78, 5) is 27.8. The highest BCUT2D eigenvalue weighted by Gasteiger charge is 2.42. The molecule has 29 heavy (non-hydrogen) atoms. The Morgan fingerprint density at radius 3 is 2.59 bits per heavy atom. The van der Waals surface area contributed by atoms with Crippen molar-refractivity contribution in [2.45, 2.75) is 24.8 Å². The molecule has 152 valence electrons. The molecule has 0 aromatic heterocycles. The summed E-state index contributed by atoms with van der Waals surface area (Å²) in [5, 5.41) is 3.88. The van der Waals surface area contributed by atoms with Crippen LogP contribution in [-0.4, -0.2) is 43.0 Å². The maximum Gasteiger partial charge on any atom is 0.255 e. The predicted molar refractivity (Wildman–Crippen MR) is 113 cm³/mol. The molecule has 7 heteroatoms. The molecule has 1 aliphatic heterocycles. The van der Waals surface area contributed by atoms with E-state index in [1.165, 1.54) is 0 Å². The van der Waals surface area contributed by atoms with Gasteiger partial charge in [-0.15, -0.1) is 0 Å². The van der Waals surface area contributed by atoms with Crippen molar-refractivity contribution >= 4 is 35.0 Å². The van der Waals surface area contributed by atoms with E-state index in [1.54, 1.807) is 30.2 Å². The van der Waals surface area contributed by atoms with E-state index < -0.39 is 0 Å². The van der Waals surface area contributed by atoms with Crippen LogP contribution in [0.15, 0.2) is 42.5 Å². The molecule has 1 N–H and O–H groups in total. The number of halogens is 2. The van der Waals surface area contributed by atoms with Gasteiger partial charge in [-0.3, -0.25) is 9.59 Å². The fourth-order valence-corrected chi connectivity index (χ4v) is 4.30. The van der Waals surface area contributed by atoms with Gasteiger partial charge in [0.1, 0.15) is 5.75 Å². The highest BCUT2D eigenvalue weighted by molar-refractivity contribution is 6.36. The molecule has 1 heterocycles. The van der Waals surface area contributed by atoms with Gasteiger partial charge in [0.25, 0.3) is 5.91 Å². The van der Waals surface area contributed by atoms with Crippen LogP contribution in [0.3, 0.4) is 0 Å². The number of methoxy groups -OCH3 is 1. The van der Waals surface area contributed by atoms with Gasteiger partial charge >= 0.3 is 0 Å². The van der Waals surface area contributed by atoms with Gasteiger partial charge in [-0.05, 0) is 48.7 Å². The van der Waals surface area contributed by atoms with Gasteiger partial charge in [0.05, 0.1) is 23.6 Å². The molecule has 5 nitrogen and oxygen atoms in total. The van der Waals surface area contributed by atoms with Crippen LogP contribution in [0.25, 0.3) is 0 Å². The molecule has 2 unspecified atom stereocenters. The first-order chi connectivity index (χ1) is 14.0. The zero-order chi connectivity index (χ0) is 20.5. The molecule has 2 fully saturated rings. The zero-order valence-electron chi connectivity index (χ0n) is 16.0. The molecular weight excluding hydrogens is 411 g/mol. The van der Waals surface area contributed by atoms with Crippen LogP contribution in [0.4, 0.5) is 0 Å². The van der Waals surface area contributed by atoms with E-state index in [2.05, 4.69) is 5.32 Å². The van der Waals surface area contributed by atoms with Gasteiger partial charge in [-0.25, -0.2) is 0 Å². The number of hydrogen-bond donors (Lipinski definition) is 1. The largest absolute Gasteiger partial charge is 0.497 e. The normalized spacial score (nSPS) is 21.1. The first-order valence-electron chi connectivity index (χ1n) is 9.65. The van der Waals surface area contributed by atoms with Crippen LogP contribution in [0.1, 0.15) is 34.7 Å². The quantitative estimate of drug-likeness (QED) is 0.772. The van der Waals surface area contributed by atoms with Gasteiger partial charge < -0.3 is 15.0 Å². The third kappa shape index (κ3) is 4.36. The maximum atomic E-state index is 13.1. The number of rotatable bonds is 5. The second-order valence-electron chi connectivity index (χ2n) is 7.61. The van der Waals surface area contributed by atoms with E-state index in [-0.39, 0.29) is 29.7 Å². The molecule has 0 radical (unpaired) electrons. The van der Waals surface area contributed by atoms with Crippen molar-refractivity contribution in [2.75, 3.05) is 20.2 Å². The van der Waals surface area contributed by atoms with Crippen molar-refractivity contribution < 1.29 is 14.3 Å². The summed E-state index contributed by atoms with van der Waals surface area (Å²) in [6, 6.07) is 12.8. The lowest BCUT2D eigenvalue weighted by atomic mass is 9.88. The van der Waals surface area contributed by atoms with Crippen molar-refractivity contribution in [1.29, 1.82) is 0 Å². The van der Waals surface area contributed by atoms with Crippen molar-refractivity contribution in [3.05, 3.63) is 63.6 Å². The van der Waals surface area contributed by atoms with Crippen LogP contribution in [-0.2, 0) is 4.79 Å². The fourth-order valence-electron chi connectivity index (χ4n) is 3.81. The van der Waals surface area contributed by atoms with E-state index >= 15 is 0 Å². The summed E-state index contributed by atoms with van der Waals surface area (Å²) in [5.74, 6) is 0.102. The number of ether oxygens (including phenoxy) is 1. The van der Waals surface area contributed by atoms with Crippen LogP contribution >= 0.6 is 23.2 Å². The minimum atomic E-state index is -0.322. The molecule has 2 aliphatic rings. The Balaban J connectivity index is 1.61. The Labute approximate surface area is 179 Å². The summed E-state index contributed by atoms with van der Waals surface area (Å²) in [7, 11) is 1.61. The average Bonchev–Trinajstić information content (AvgIpc) is 3.41. The average molecular weight is 433 g/mol. The number of hydrogen-bond acceptors (Lipinski definition) is 3. The van der Waals surface area contributed by atoms with E-state index in [1.807, 2.05) is 24.3 Å². The molecule has 2 aromatic carbocycles. The Morgan fingerprint density at radius 2 is 1.90 bits per heavy atom. The van der Waals surface area contributed by atoms with Gasteiger partial charge in [0.2, 0.25) is 5.91 Å². The van der Waals surface area contributed by atoms with Gasteiger partial charge in [0.15, 0.2) is 0 Å². The van der Waals surface area contributed by atoms with E-state index in [4.69, 9.17) is 27.9 Å². The Hall–Kier alpha value is -2.24. The van der Waals surface area contributed by atoms with Crippen molar-refractivity contribution in [3.8, 4) is 5.75 Å². The summed E-state index contributed by atoms with van der Waals surface area (Å²) in [6.07, 6.45) is 2.04. The molecule has 1 saturated heterocycles. The number of likely N-dealkylation sites (tertiary alicyclic amines) is 1. The minimum absolute atomic E-state index is 0.00202. The number of amides is 2. The minimum Gasteiger partial charge on any atom is -0.497 e. The second-order valence-corrected chi connectivity index (χ2v) is 8.45. The third-order valence-corrected chi connectivity index (χ3v) is 6.10. The highest BCUT2D eigenvalue weighted by atomic mass is 35.5. The van der Waals surface area contributed by atoms with Crippen molar-refractivity contribution in [2.24, 2.45) is 5.92 Å². The van der Waals surface area contributed by atoms with Crippen molar-refractivity contribution in [1.82, 2.24) is 10.2 Å². The van der Waals surface area contributed by atoms with Crippen LogP contribution < -0.4 is 10.1 Å². The Kier molecular flexibility index (Phi) is 5.70. The van der Waals surface area contributed by atoms with Crippen LogP contribution in [0, 0.1) is 5.92 Å². The van der Waals surface area contributed by atoms with E-state index in [0.717, 1.165) is 24.2 Å². The number of nitrogens with one attached hydrogen (secondary N) is 1. The molecule has 2 aromatic rings. The number of carbonyl (C=O) groups excluding carboxylic acids is 2. The standard InChI is InChI=1S/C22H22Cl2N2O3/c1-29-16-4-2-3-13(9-16)18-11-26(12-19(18)21(27)25-15-6-7-15)22(28)17-8-5-14(23)10-20(17)24/h2-5,8-10,15,18-19H,6-7,11-12H2,1H3,(H,25,27). The lowest BCUT2D eigenvalue weighted by molar-refractivity contribution is -0.125. The highest BCUT2D eigenvalue weighted by Crippen LogP contribution is 2.36. The molecular formula is C22H22Cl2N2O3. The Bertz CT molecular complexity index is 945. The summed E-state index contributed by atoms with van der Waals surface area (Å²) >= 11 is 12.2. The van der Waals surface area contributed by atoms with E-state index in [0.29, 0.717) is 28.7 Å². The smallest absolute Gasteiger partial charge is 0.255 e. The first kappa shape index (κ1) is 20.0. The van der Waals surface area contributed by atoms with E-state index in [9.17, 15) is 9.59 Å². The second kappa shape index (κ2) is 8.25. The van der Waals surface area contributed by atoms with Gasteiger partial charge in [-0.2, -0.15) is 0 Å². The number of benzene rings is 2. The topological polar surface area (TPSA) is 58.6 Å². The Morgan fingerprint density at radius 1 is 1.10 bits per heavy atom. The summed E-state index contributed by atoms with van der Waals surface area (Å²) in [6.45, 7) is 0.784. The van der Waals surface area contributed by atoms with Crippen molar-refractivity contribution in [3.63, 3.8) is 0 Å². The number of nitrogens with zero attached hydrogens (tertiary/aromatic N) is 1. The molecule has 2 amide bonds. The zero-order valence-corrected chi connectivity index (χ0v) is 17.5. The monoisotopic (exact) mass is 432 g/mol. The molecule has 0 bridgehead atoms. The van der Waals surface area contributed by atoms with Gasteiger partial charge in [-0.1, -0.05) is 35.3 Å². The molecule has 4 rings (SSSR count). The lowest BCUT2D eigenvalue weighted by Gasteiger charge is -2.18. The third-order valence-electron chi connectivity index (χ3n) is 5.55. The molecule has 1 aliphatic carbocycles. The SMILES string of the molecule is COc1cccc(C2CN(C(=O)c3ccc(Cl)cc3Cl)CC2C(=O)NC2CC2)c1. The van der Waals surface area contributed by atoms with Crippen LogP contribution in [0.2, 0.25) is 10.0 Å². The first-order valence-corrected chi connectivity index (χ1v) is 10.4. The molecule has 0 spiro atoms. The maximum absolute atomic E-state index is 13.1. The summed E-state index contributed by atoms with van der Waals surface area (Å²) in [5.41, 5.74) is 1.38. The number of carbonyl (C=O) groups is 2. The molecule has 1 saturated carbocycles. The predicted octanol–water partition coefficient (Wildman–Crippen LogP) is 4.14. The van der Waals surface area contributed by atoms with Gasteiger partial charge in [0, 0.05) is 30.1 Å². The summed E-state index contributed by atoms with van der Waals surface area (Å²) < 4.78 is 5.34. The molecule has 2 atom stereocenters.